The molecule has 1 amide bonds. The molecule has 1 aliphatic heterocycles. The summed E-state index contributed by atoms with van der Waals surface area (Å²) in [7, 11) is 1.89. The Bertz CT molecular complexity index is 899. The first-order valence-corrected chi connectivity index (χ1v) is 8.79. The summed E-state index contributed by atoms with van der Waals surface area (Å²) in [6.07, 6.45) is 3.83. The van der Waals surface area contributed by atoms with E-state index in [1.807, 2.05) is 31.6 Å². The summed E-state index contributed by atoms with van der Waals surface area (Å²) in [6, 6.07) is 6.12. The van der Waals surface area contributed by atoms with Crippen LogP contribution in [0.5, 0.6) is 0 Å². The molecule has 1 fully saturated rings. The summed E-state index contributed by atoms with van der Waals surface area (Å²) in [4.78, 5) is 17.3. The van der Waals surface area contributed by atoms with Gasteiger partial charge in [-0.3, -0.25) is 9.48 Å². The average Bonchev–Trinajstić information content (AvgIpc) is 3.24. The number of rotatable bonds is 3. The maximum absolute atomic E-state index is 12.7. The molecule has 124 valence electrons. The third-order valence-corrected chi connectivity index (χ3v) is 5.41. The quantitative estimate of drug-likeness (QED) is 0.767. The molecule has 2 aromatic heterocycles. The topological polar surface area (TPSA) is 71.8 Å². The summed E-state index contributed by atoms with van der Waals surface area (Å²) >= 11 is 1.52. The molecular weight excluding hydrogens is 322 g/mol. The third-order valence-electron chi connectivity index (χ3n) is 4.48. The highest BCUT2D eigenvalue weighted by Gasteiger charge is 2.35. The molecule has 0 spiro atoms. The van der Waals surface area contributed by atoms with E-state index in [1.54, 1.807) is 4.68 Å². The normalized spacial score (nSPS) is 20.6. The average molecular weight is 341 g/mol. The van der Waals surface area contributed by atoms with Crippen LogP contribution < -0.4 is 10.6 Å². The fourth-order valence-corrected chi connectivity index (χ4v) is 4.19. The Labute approximate surface area is 143 Å². The molecule has 2 atom stereocenters. The summed E-state index contributed by atoms with van der Waals surface area (Å²) in [5.41, 5.74) is 3.22. The van der Waals surface area contributed by atoms with E-state index in [2.05, 4.69) is 33.7 Å². The van der Waals surface area contributed by atoms with Crippen molar-refractivity contribution in [2.45, 2.75) is 12.8 Å². The van der Waals surface area contributed by atoms with Crippen molar-refractivity contribution in [2.24, 2.45) is 13.0 Å². The van der Waals surface area contributed by atoms with E-state index in [4.69, 9.17) is 0 Å². The summed E-state index contributed by atoms with van der Waals surface area (Å²) in [5.74, 6) is 0.0582. The molecule has 0 bridgehead atoms. The third kappa shape index (κ3) is 2.81. The lowest BCUT2D eigenvalue weighted by Crippen LogP contribution is -2.27. The molecule has 0 radical (unpaired) electrons. The first-order chi connectivity index (χ1) is 11.6. The van der Waals surface area contributed by atoms with Gasteiger partial charge in [-0.1, -0.05) is 17.4 Å². The molecule has 1 saturated heterocycles. The van der Waals surface area contributed by atoms with Gasteiger partial charge in [-0.25, -0.2) is 4.98 Å². The number of aromatic nitrogens is 3. The zero-order valence-corrected chi connectivity index (χ0v) is 14.4. The molecule has 24 heavy (non-hydrogen) atoms. The number of thiazole rings is 1. The van der Waals surface area contributed by atoms with Crippen LogP contribution in [0, 0.1) is 12.8 Å². The predicted octanol–water partition coefficient (Wildman–Crippen LogP) is 2.28. The number of carbonyl (C=O) groups is 1. The summed E-state index contributed by atoms with van der Waals surface area (Å²) in [5, 5.41) is 11.2. The molecule has 6 nitrogen and oxygen atoms in total. The van der Waals surface area contributed by atoms with Crippen molar-refractivity contribution in [3.05, 3.63) is 41.7 Å². The maximum atomic E-state index is 12.7. The van der Waals surface area contributed by atoms with Gasteiger partial charge in [0.25, 0.3) is 0 Å². The SMILES string of the molecule is Cc1ccc2nc(NC(=O)[C@H]3CNC[C@@H]3c3cnn(C)c3)sc2c1. The predicted molar refractivity (Wildman–Crippen MR) is 95.3 cm³/mol. The van der Waals surface area contributed by atoms with Crippen molar-refractivity contribution < 1.29 is 4.79 Å². The standard InChI is InChI=1S/C17H19N5OS/c1-10-3-4-14-15(5-10)24-17(20-14)21-16(23)13-8-18-7-12(13)11-6-19-22(2)9-11/h3-6,9,12-13,18H,7-8H2,1-2H3,(H,20,21,23)/t12-,13+/m1/s1. The smallest absolute Gasteiger partial charge is 0.231 e. The number of fused-ring (bicyclic) bond motifs is 1. The van der Waals surface area contributed by atoms with Crippen LogP contribution in [0.1, 0.15) is 17.0 Å². The van der Waals surface area contributed by atoms with Gasteiger partial charge in [0.1, 0.15) is 0 Å². The van der Waals surface area contributed by atoms with Crippen molar-refractivity contribution in [1.29, 1.82) is 0 Å². The zero-order chi connectivity index (χ0) is 16.7. The van der Waals surface area contributed by atoms with Gasteiger partial charge in [0.15, 0.2) is 5.13 Å². The summed E-state index contributed by atoms with van der Waals surface area (Å²) in [6.45, 7) is 3.53. The van der Waals surface area contributed by atoms with Gasteiger partial charge < -0.3 is 10.6 Å². The highest BCUT2D eigenvalue weighted by Crippen LogP contribution is 2.31. The number of amides is 1. The number of nitrogens with zero attached hydrogens (tertiary/aromatic N) is 3. The number of nitrogens with one attached hydrogen (secondary N) is 2. The Hall–Kier alpha value is -2.25. The van der Waals surface area contributed by atoms with E-state index in [9.17, 15) is 4.79 Å². The second-order valence-corrected chi connectivity index (χ2v) is 7.33. The van der Waals surface area contributed by atoms with Crippen molar-refractivity contribution >= 4 is 32.6 Å². The number of benzene rings is 1. The van der Waals surface area contributed by atoms with Gasteiger partial charge in [0.05, 0.1) is 22.3 Å². The van der Waals surface area contributed by atoms with Gasteiger partial charge in [-0.15, -0.1) is 0 Å². The number of aryl methyl sites for hydroxylation is 2. The van der Waals surface area contributed by atoms with Gasteiger partial charge in [0.2, 0.25) is 5.91 Å². The van der Waals surface area contributed by atoms with Crippen LogP contribution >= 0.6 is 11.3 Å². The van der Waals surface area contributed by atoms with E-state index < -0.39 is 0 Å². The molecule has 0 saturated carbocycles. The molecule has 1 aromatic carbocycles. The molecule has 0 aliphatic carbocycles. The molecule has 2 N–H and O–H groups in total. The Morgan fingerprint density at radius 3 is 3.08 bits per heavy atom. The van der Waals surface area contributed by atoms with E-state index in [0.29, 0.717) is 11.7 Å². The number of carbonyl (C=O) groups excluding carboxylic acids is 1. The first kappa shape index (κ1) is 15.3. The molecule has 3 aromatic rings. The van der Waals surface area contributed by atoms with Gasteiger partial charge in [0, 0.05) is 32.3 Å². The fourth-order valence-electron chi connectivity index (χ4n) is 3.22. The minimum Gasteiger partial charge on any atom is -0.315 e. The van der Waals surface area contributed by atoms with Crippen molar-refractivity contribution in [3.63, 3.8) is 0 Å². The molecule has 1 aliphatic rings. The van der Waals surface area contributed by atoms with Crippen LogP contribution in [0.25, 0.3) is 10.2 Å². The second kappa shape index (κ2) is 5.99. The van der Waals surface area contributed by atoms with Crippen LogP contribution in [0.15, 0.2) is 30.6 Å². The highest BCUT2D eigenvalue weighted by molar-refractivity contribution is 7.22. The van der Waals surface area contributed by atoms with Crippen molar-refractivity contribution in [3.8, 4) is 0 Å². The Balaban J connectivity index is 1.54. The van der Waals surface area contributed by atoms with E-state index in [-0.39, 0.29) is 17.7 Å². The Morgan fingerprint density at radius 2 is 2.29 bits per heavy atom. The van der Waals surface area contributed by atoms with Crippen LogP contribution in [0.3, 0.4) is 0 Å². The van der Waals surface area contributed by atoms with Crippen molar-refractivity contribution in [2.75, 3.05) is 18.4 Å². The van der Waals surface area contributed by atoms with E-state index in [0.717, 1.165) is 22.3 Å². The minimum absolute atomic E-state index is 0.0182. The lowest BCUT2D eigenvalue weighted by atomic mass is 9.90. The lowest BCUT2D eigenvalue weighted by molar-refractivity contribution is -0.119. The van der Waals surface area contributed by atoms with Crippen LogP contribution in [0.2, 0.25) is 0 Å². The van der Waals surface area contributed by atoms with Crippen LogP contribution in [-0.4, -0.2) is 33.8 Å². The molecular formula is C17H19N5OS. The maximum Gasteiger partial charge on any atom is 0.231 e. The van der Waals surface area contributed by atoms with Crippen molar-refractivity contribution in [1.82, 2.24) is 20.1 Å². The molecule has 3 heterocycles. The van der Waals surface area contributed by atoms with Gasteiger partial charge in [-0.2, -0.15) is 5.10 Å². The number of hydrogen-bond acceptors (Lipinski definition) is 5. The number of anilines is 1. The Morgan fingerprint density at radius 1 is 1.42 bits per heavy atom. The number of hydrogen-bond donors (Lipinski definition) is 2. The molecule has 4 rings (SSSR count). The van der Waals surface area contributed by atoms with E-state index in [1.165, 1.54) is 16.9 Å². The molecule has 7 heteroatoms. The Kier molecular flexibility index (Phi) is 3.82. The monoisotopic (exact) mass is 341 g/mol. The minimum atomic E-state index is -0.108. The molecule has 0 unspecified atom stereocenters. The van der Waals surface area contributed by atoms with Gasteiger partial charge >= 0.3 is 0 Å². The van der Waals surface area contributed by atoms with Crippen LogP contribution in [-0.2, 0) is 11.8 Å². The van der Waals surface area contributed by atoms with E-state index >= 15 is 0 Å². The van der Waals surface area contributed by atoms with Crippen LogP contribution in [0.4, 0.5) is 5.13 Å². The largest absolute Gasteiger partial charge is 0.315 e. The lowest BCUT2D eigenvalue weighted by Gasteiger charge is -2.15. The zero-order valence-electron chi connectivity index (χ0n) is 13.6. The second-order valence-electron chi connectivity index (χ2n) is 6.30. The highest BCUT2D eigenvalue weighted by atomic mass is 32.1. The first-order valence-electron chi connectivity index (χ1n) is 7.97. The van der Waals surface area contributed by atoms with Gasteiger partial charge in [-0.05, 0) is 30.2 Å². The fraction of sp³-hybridized carbons (Fsp3) is 0.353. The summed E-state index contributed by atoms with van der Waals surface area (Å²) < 4.78 is 2.87.